The number of benzene rings is 1. The van der Waals surface area contributed by atoms with E-state index in [9.17, 15) is 4.79 Å². The number of carbonyl (C=O) groups is 1. The van der Waals surface area contributed by atoms with Crippen LogP contribution >= 0.6 is 0 Å². The lowest BCUT2D eigenvalue weighted by Gasteiger charge is -2.11. The number of aromatic nitrogens is 3. The molecule has 0 unspecified atom stereocenters. The molecule has 0 aliphatic heterocycles. The number of carbonyl (C=O) groups excluding carboxylic acids is 1. The van der Waals surface area contributed by atoms with Gasteiger partial charge in [-0.15, -0.1) is 0 Å². The van der Waals surface area contributed by atoms with Gasteiger partial charge in [-0.3, -0.25) is 9.78 Å². The molecule has 26 heavy (non-hydrogen) atoms. The van der Waals surface area contributed by atoms with Gasteiger partial charge in [-0.25, -0.2) is 9.97 Å². The maximum absolute atomic E-state index is 12.5. The zero-order valence-corrected chi connectivity index (χ0v) is 14.3. The summed E-state index contributed by atoms with van der Waals surface area (Å²) in [4.78, 5) is 24.9. The van der Waals surface area contributed by atoms with Crippen LogP contribution in [0.4, 0.5) is 11.6 Å². The average Bonchev–Trinajstić information content (AvgIpc) is 2.69. The second-order valence-corrected chi connectivity index (χ2v) is 5.36. The molecule has 0 spiro atoms. The maximum Gasteiger partial charge on any atom is 0.274 e. The van der Waals surface area contributed by atoms with Crippen LogP contribution in [-0.4, -0.2) is 27.5 Å². The molecule has 3 rings (SSSR count). The average molecular weight is 349 g/mol. The Kier molecular flexibility index (Phi) is 5.72. The number of amides is 1. The van der Waals surface area contributed by atoms with Crippen LogP contribution < -0.4 is 15.4 Å². The zero-order chi connectivity index (χ0) is 18.2. The first kappa shape index (κ1) is 17.3. The first-order valence-corrected chi connectivity index (χ1v) is 8.25. The highest BCUT2D eigenvalue weighted by atomic mass is 16.5. The van der Waals surface area contributed by atoms with Gasteiger partial charge >= 0.3 is 0 Å². The van der Waals surface area contributed by atoms with E-state index in [2.05, 4.69) is 25.6 Å². The van der Waals surface area contributed by atoms with Crippen molar-refractivity contribution in [2.75, 3.05) is 17.2 Å². The smallest absolute Gasteiger partial charge is 0.274 e. The molecule has 0 fully saturated rings. The first-order valence-electron chi connectivity index (χ1n) is 8.25. The Balaban J connectivity index is 1.68. The van der Waals surface area contributed by atoms with Gasteiger partial charge in [-0.2, -0.15) is 0 Å². The van der Waals surface area contributed by atoms with Gasteiger partial charge in [0.2, 0.25) is 5.95 Å². The second-order valence-electron chi connectivity index (χ2n) is 5.36. The molecule has 132 valence electrons. The van der Waals surface area contributed by atoms with Crippen LogP contribution in [0.2, 0.25) is 0 Å². The van der Waals surface area contributed by atoms with Crippen LogP contribution in [0.25, 0.3) is 0 Å². The summed E-state index contributed by atoms with van der Waals surface area (Å²) in [6, 6.07) is 12.6. The Morgan fingerprint density at radius 3 is 2.69 bits per heavy atom. The van der Waals surface area contributed by atoms with E-state index in [1.54, 1.807) is 36.8 Å². The molecule has 2 aromatic heterocycles. The molecule has 0 atom stereocenters. The van der Waals surface area contributed by atoms with Crippen molar-refractivity contribution in [2.24, 2.45) is 0 Å². The predicted octanol–water partition coefficient (Wildman–Crippen LogP) is 3.13. The predicted molar refractivity (Wildman–Crippen MR) is 99.2 cm³/mol. The number of ether oxygens (including phenoxy) is 1. The summed E-state index contributed by atoms with van der Waals surface area (Å²) in [6.45, 7) is 2.95. The Morgan fingerprint density at radius 1 is 1.08 bits per heavy atom. The van der Waals surface area contributed by atoms with Crippen molar-refractivity contribution in [2.45, 2.75) is 13.5 Å². The van der Waals surface area contributed by atoms with Crippen LogP contribution in [0, 0.1) is 0 Å². The fourth-order valence-electron chi connectivity index (χ4n) is 2.29. The molecular weight excluding hydrogens is 330 g/mol. The summed E-state index contributed by atoms with van der Waals surface area (Å²) in [5.41, 5.74) is 1.91. The summed E-state index contributed by atoms with van der Waals surface area (Å²) in [6.07, 6.45) is 4.99. The number of pyridine rings is 1. The lowest BCUT2D eigenvalue weighted by Crippen LogP contribution is -2.16. The third kappa shape index (κ3) is 4.54. The van der Waals surface area contributed by atoms with Crippen LogP contribution in [-0.2, 0) is 6.54 Å². The van der Waals surface area contributed by atoms with E-state index in [0.717, 1.165) is 5.56 Å². The Bertz CT molecular complexity index is 871. The minimum absolute atomic E-state index is 0.267. The molecule has 3 aromatic rings. The fourth-order valence-corrected chi connectivity index (χ4v) is 2.29. The van der Waals surface area contributed by atoms with Gasteiger partial charge in [0, 0.05) is 25.1 Å². The number of hydrogen-bond acceptors (Lipinski definition) is 6. The molecule has 2 N–H and O–H groups in total. The van der Waals surface area contributed by atoms with Gasteiger partial charge in [0.15, 0.2) is 0 Å². The lowest BCUT2D eigenvalue weighted by atomic mass is 10.2. The number of anilines is 2. The molecule has 0 saturated heterocycles. The Labute approximate surface area is 151 Å². The zero-order valence-electron chi connectivity index (χ0n) is 14.3. The minimum atomic E-state index is -0.327. The van der Waals surface area contributed by atoms with Gasteiger partial charge in [0.05, 0.1) is 12.3 Å². The SMILES string of the molecule is CCOc1ccccc1NC(=O)c1ccnc(NCc2ccncc2)n1. The van der Waals surface area contributed by atoms with Gasteiger partial charge in [-0.05, 0) is 42.8 Å². The highest BCUT2D eigenvalue weighted by Crippen LogP contribution is 2.24. The van der Waals surface area contributed by atoms with Crippen molar-refractivity contribution in [3.63, 3.8) is 0 Å². The van der Waals surface area contributed by atoms with Crippen LogP contribution in [0.5, 0.6) is 5.75 Å². The van der Waals surface area contributed by atoms with Gasteiger partial charge in [-0.1, -0.05) is 12.1 Å². The second kappa shape index (κ2) is 8.57. The third-order valence-corrected chi connectivity index (χ3v) is 3.52. The number of hydrogen-bond donors (Lipinski definition) is 2. The quantitative estimate of drug-likeness (QED) is 0.681. The number of para-hydroxylation sites is 2. The standard InChI is InChI=1S/C19H19N5O2/c1-2-26-17-6-4-3-5-15(17)23-18(25)16-9-12-21-19(24-16)22-13-14-7-10-20-11-8-14/h3-12H,2,13H2,1H3,(H,23,25)(H,21,22,24). The molecule has 1 aromatic carbocycles. The van der Waals surface area contributed by atoms with Crippen LogP contribution in [0.3, 0.4) is 0 Å². The maximum atomic E-state index is 12.5. The molecule has 0 saturated carbocycles. The van der Waals surface area contributed by atoms with Gasteiger partial charge in [0.1, 0.15) is 11.4 Å². The van der Waals surface area contributed by atoms with Gasteiger partial charge in [0.25, 0.3) is 5.91 Å². The van der Waals surface area contributed by atoms with Gasteiger partial charge < -0.3 is 15.4 Å². The molecule has 0 bridgehead atoms. The molecule has 0 aliphatic carbocycles. The summed E-state index contributed by atoms with van der Waals surface area (Å²) in [7, 11) is 0. The summed E-state index contributed by atoms with van der Waals surface area (Å²) in [5, 5.41) is 5.92. The topological polar surface area (TPSA) is 89.0 Å². The number of rotatable bonds is 7. The van der Waals surface area contributed by atoms with E-state index >= 15 is 0 Å². The van der Waals surface area contributed by atoms with E-state index in [-0.39, 0.29) is 11.6 Å². The monoisotopic (exact) mass is 349 g/mol. The minimum Gasteiger partial charge on any atom is -0.492 e. The molecule has 2 heterocycles. The number of nitrogens with zero attached hydrogens (tertiary/aromatic N) is 3. The highest BCUT2D eigenvalue weighted by Gasteiger charge is 2.12. The normalized spacial score (nSPS) is 10.2. The Morgan fingerprint density at radius 2 is 1.88 bits per heavy atom. The first-order chi connectivity index (χ1) is 12.8. The Hall–Kier alpha value is -3.48. The highest BCUT2D eigenvalue weighted by molar-refractivity contribution is 6.03. The molecule has 0 radical (unpaired) electrons. The third-order valence-electron chi connectivity index (χ3n) is 3.52. The van der Waals surface area contributed by atoms with Crippen molar-refractivity contribution in [3.05, 3.63) is 72.3 Å². The molecule has 7 nitrogen and oxygen atoms in total. The van der Waals surface area contributed by atoms with Crippen LogP contribution in [0.15, 0.2) is 61.1 Å². The van der Waals surface area contributed by atoms with E-state index in [0.29, 0.717) is 30.5 Å². The van der Waals surface area contributed by atoms with Crippen molar-refractivity contribution in [3.8, 4) is 5.75 Å². The van der Waals surface area contributed by atoms with E-state index in [1.165, 1.54) is 0 Å². The molecular formula is C19H19N5O2. The fraction of sp³-hybridized carbons (Fsp3) is 0.158. The summed E-state index contributed by atoms with van der Waals surface area (Å²) < 4.78 is 5.52. The van der Waals surface area contributed by atoms with E-state index in [4.69, 9.17) is 4.74 Å². The van der Waals surface area contributed by atoms with Crippen molar-refractivity contribution < 1.29 is 9.53 Å². The largest absolute Gasteiger partial charge is 0.492 e. The summed E-state index contributed by atoms with van der Waals surface area (Å²) in [5.74, 6) is 0.674. The van der Waals surface area contributed by atoms with E-state index < -0.39 is 0 Å². The van der Waals surface area contributed by atoms with E-state index in [1.807, 2.05) is 31.2 Å². The summed E-state index contributed by atoms with van der Waals surface area (Å²) >= 11 is 0. The van der Waals surface area contributed by atoms with Crippen molar-refractivity contribution in [1.29, 1.82) is 0 Å². The number of nitrogens with one attached hydrogen (secondary N) is 2. The molecule has 7 heteroatoms. The van der Waals surface area contributed by atoms with Crippen LogP contribution in [0.1, 0.15) is 23.0 Å². The van der Waals surface area contributed by atoms with Crippen molar-refractivity contribution in [1.82, 2.24) is 15.0 Å². The molecule has 0 aliphatic rings. The molecule has 1 amide bonds. The lowest BCUT2D eigenvalue weighted by molar-refractivity contribution is 0.102. The van der Waals surface area contributed by atoms with Crippen molar-refractivity contribution >= 4 is 17.5 Å².